The lowest BCUT2D eigenvalue weighted by molar-refractivity contribution is 0.0865. The van der Waals surface area contributed by atoms with Gasteiger partial charge in [-0.15, -0.1) is 0 Å². The minimum Gasteiger partial charge on any atom is -0.398 e. The van der Waals surface area contributed by atoms with Crippen LogP contribution < -0.4 is 5.73 Å². The number of nitrogen functional groups attached to an aromatic ring is 1. The maximum absolute atomic E-state index is 12.4. The molecule has 0 saturated heterocycles. The summed E-state index contributed by atoms with van der Waals surface area (Å²) in [6.45, 7) is -0.0531. The van der Waals surface area contributed by atoms with Crippen molar-refractivity contribution >= 4 is 21.6 Å². The first-order chi connectivity index (χ1) is 9.51. The number of nitrogens with zero attached hydrogens (tertiary/aromatic N) is 1. The molecule has 1 aliphatic heterocycles. The van der Waals surface area contributed by atoms with E-state index in [1.807, 2.05) is 0 Å². The summed E-state index contributed by atoms with van der Waals surface area (Å²) in [5, 5.41) is 0. The molecule has 0 saturated carbocycles. The molecule has 0 unspecified atom stereocenters. The zero-order valence-electron chi connectivity index (χ0n) is 10.5. The van der Waals surface area contributed by atoms with E-state index in [0.29, 0.717) is 11.3 Å². The number of sulfonamides is 1. The number of carbonyl (C=O) groups excluding carboxylic acids is 1. The first-order valence-corrected chi connectivity index (χ1v) is 7.45. The molecule has 0 bridgehead atoms. The van der Waals surface area contributed by atoms with Gasteiger partial charge in [0.25, 0.3) is 15.9 Å². The highest BCUT2D eigenvalue weighted by atomic mass is 32.2. The Hall–Kier alpha value is -2.34. The second-order valence-electron chi connectivity index (χ2n) is 4.51. The largest absolute Gasteiger partial charge is 0.398 e. The lowest BCUT2D eigenvalue weighted by Crippen LogP contribution is -2.29. The summed E-state index contributed by atoms with van der Waals surface area (Å²) in [5.41, 5.74) is 7.09. The summed E-state index contributed by atoms with van der Waals surface area (Å²) in [6.07, 6.45) is 0. The minimum atomic E-state index is -3.78. The Morgan fingerprint density at radius 3 is 2.35 bits per heavy atom. The number of fused-ring (bicyclic) bond motifs is 1. The quantitative estimate of drug-likeness (QED) is 0.851. The third-order valence-corrected chi connectivity index (χ3v) is 5.07. The Bertz CT molecular complexity index is 800. The van der Waals surface area contributed by atoms with Gasteiger partial charge in [0.1, 0.15) is 4.90 Å². The number of anilines is 1. The van der Waals surface area contributed by atoms with Gasteiger partial charge in [-0.2, -0.15) is 0 Å². The molecule has 6 heteroatoms. The predicted molar refractivity (Wildman–Crippen MR) is 74.4 cm³/mol. The third kappa shape index (κ3) is 1.77. The van der Waals surface area contributed by atoms with Crippen molar-refractivity contribution < 1.29 is 13.2 Å². The van der Waals surface area contributed by atoms with Gasteiger partial charge in [0.05, 0.1) is 12.1 Å². The van der Waals surface area contributed by atoms with E-state index in [0.717, 1.165) is 4.31 Å². The topological polar surface area (TPSA) is 80.5 Å². The summed E-state index contributed by atoms with van der Waals surface area (Å²) < 4.78 is 25.6. The first-order valence-electron chi connectivity index (χ1n) is 6.01. The molecule has 0 aliphatic carbocycles. The van der Waals surface area contributed by atoms with Gasteiger partial charge in [0.2, 0.25) is 0 Å². The maximum atomic E-state index is 12.4. The fourth-order valence-electron chi connectivity index (χ4n) is 2.22. The van der Waals surface area contributed by atoms with Crippen molar-refractivity contribution in [2.75, 3.05) is 5.73 Å². The van der Waals surface area contributed by atoms with E-state index >= 15 is 0 Å². The number of hydrogen-bond acceptors (Lipinski definition) is 4. The molecule has 1 heterocycles. The maximum Gasteiger partial charge on any atom is 0.269 e. The molecule has 2 N–H and O–H groups in total. The first kappa shape index (κ1) is 12.7. The lowest BCUT2D eigenvalue weighted by Gasteiger charge is -2.16. The van der Waals surface area contributed by atoms with Crippen molar-refractivity contribution in [3.05, 3.63) is 59.7 Å². The summed E-state index contributed by atoms with van der Waals surface area (Å²) in [7, 11) is -3.78. The van der Waals surface area contributed by atoms with Gasteiger partial charge in [-0.05, 0) is 23.8 Å². The van der Waals surface area contributed by atoms with Crippen molar-refractivity contribution in [1.29, 1.82) is 0 Å². The van der Waals surface area contributed by atoms with Crippen molar-refractivity contribution in [2.45, 2.75) is 11.4 Å². The van der Waals surface area contributed by atoms with E-state index in [9.17, 15) is 13.2 Å². The van der Waals surface area contributed by atoms with Gasteiger partial charge in [-0.1, -0.05) is 30.3 Å². The molecule has 0 aromatic heterocycles. The van der Waals surface area contributed by atoms with Crippen LogP contribution >= 0.6 is 0 Å². The van der Waals surface area contributed by atoms with E-state index in [2.05, 4.69) is 0 Å². The molecule has 5 nitrogen and oxygen atoms in total. The van der Waals surface area contributed by atoms with Crippen molar-refractivity contribution in [2.24, 2.45) is 0 Å². The van der Waals surface area contributed by atoms with Gasteiger partial charge in [0.15, 0.2) is 0 Å². The van der Waals surface area contributed by atoms with Crippen LogP contribution in [0.5, 0.6) is 0 Å². The molecular formula is C14H12N2O3S. The van der Waals surface area contributed by atoms with E-state index < -0.39 is 15.9 Å². The van der Waals surface area contributed by atoms with Crippen LogP contribution in [0.4, 0.5) is 5.69 Å². The van der Waals surface area contributed by atoms with Crippen LogP contribution in [-0.2, 0) is 16.6 Å². The predicted octanol–water partition coefficient (Wildman–Crippen LogP) is 1.61. The molecule has 102 valence electrons. The molecule has 0 fully saturated rings. The SMILES string of the molecule is Nc1ccccc1CN1C(=O)c2ccccc2S1(=O)=O. The van der Waals surface area contributed by atoms with E-state index in [1.54, 1.807) is 36.4 Å². The van der Waals surface area contributed by atoms with E-state index in [4.69, 9.17) is 5.73 Å². The Balaban J connectivity index is 2.05. The zero-order valence-corrected chi connectivity index (χ0v) is 11.3. The number of rotatable bonds is 2. The number of hydrogen-bond donors (Lipinski definition) is 1. The van der Waals surface area contributed by atoms with Gasteiger partial charge in [0, 0.05) is 5.69 Å². The van der Waals surface area contributed by atoms with Crippen LogP contribution in [0.3, 0.4) is 0 Å². The third-order valence-electron chi connectivity index (χ3n) is 3.28. The molecule has 2 aromatic carbocycles. The normalized spacial score (nSPS) is 16.2. The van der Waals surface area contributed by atoms with Gasteiger partial charge < -0.3 is 5.73 Å². The van der Waals surface area contributed by atoms with Crippen molar-refractivity contribution in [3.63, 3.8) is 0 Å². The fourth-order valence-corrected chi connectivity index (χ4v) is 3.77. The Labute approximate surface area is 116 Å². The number of benzene rings is 2. The number of carbonyl (C=O) groups is 1. The Kier molecular flexibility index (Phi) is 2.76. The van der Waals surface area contributed by atoms with Crippen LogP contribution in [0.15, 0.2) is 53.4 Å². The second-order valence-corrected chi connectivity index (χ2v) is 6.34. The summed E-state index contributed by atoms with van der Waals surface area (Å²) in [5.74, 6) is -0.510. The van der Waals surface area contributed by atoms with E-state index in [-0.39, 0.29) is 17.0 Å². The second kappa shape index (κ2) is 4.35. The van der Waals surface area contributed by atoms with Crippen LogP contribution in [0, 0.1) is 0 Å². The van der Waals surface area contributed by atoms with E-state index in [1.165, 1.54) is 12.1 Å². The molecule has 2 aromatic rings. The lowest BCUT2D eigenvalue weighted by atomic mass is 10.1. The van der Waals surface area contributed by atoms with Crippen LogP contribution in [0.2, 0.25) is 0 Å². The molecule has 0 atom stereocenters. The monoisotopic (exact) mass is 288 g/mol. The summed E-state index contributed by atoms with van der Waals surface area (Å²) in [4.78, 5) is 12.3. The van der Waals surface area contributed by atoms with Crippen LogP contribution in [0.1, 0.15) is 15.9 Å². The van der Waals surface area contributed by atoms with Gasteiger partial charge in [-0.25, -0.2) is 12.7 Å². The Morgan fingerprint density at radius 1 is 1.00 bits per heavy atom. The summed E-state index contributed by atoms with van der Waals surface area (Å²) in [6, 6.07) is 13.1. The standard InChI is InChI=1S/C14H12N2O3S/c15-12-7-3-1-5-10(12)9-16-14(17)11-6-2-4-8-13(11)20(16,18)19/h1-8H,9,15H2. The van der Waals surface area contributed by atoms with Crippen LogP contribution in [0.25, 0.3) is 0 Å². The average Bonchev–Trinajstić information content (AvgIpc) is 2.63. The molecule has 0 spiro atoms. The minimum absolute atomic E-state index is 0.0531. The Morgan fingerprint density at radius 2 is 1.65 bits per heavy atom. The smallest absolute Gasteiger partial charge is 0.269 e. The average molecular weight is 288 g/mol. The van der Waals surface area contributed by atoms with Gasteiger partial charge >= 0.3 is 0 Å². The molecular weight excluding hydrogens is 276 g/mol. The number of amides is 1. The van der Waals surface area contributed by atoms with Crippen LogP contribution in [-0.4, -0.2) is 18.6 Å². The number of nitrogens with two attached hydrogens (primary N) is 1. The molecule has 0 radical (unpaired) electrons. The van der Waals surface area contributed by atoms with Crippen molar-refractivity contribution in [1.82, 2.24) is 4.31 Å². The fraction of sp³-hybridized carbons (Fsp3) is 0.0714. The highest BCUT2D eigenvalue weighted by Crippen LogP contribution is 2.31. The molecule has 3 rings (SSSR count). The zero-order chi connectivity index (χ0) is 14.3. The molecule has 20 heavy (non-hydrogen) atoms. The number of para-hydroxylation sites is 1. The molecule has 1 aliphatic rings. The molecule has 1 amide bonds. The highest BCUT2D eigenvalue weighted by Gasteiger charge is 2.40. The van der Waals surface area contributed by atoms with Gasteiger partial charge in [-0.3, -0.25) is 4.79 Å². The van der Waals surface area contributed by atoms with Crippen molar-refractivity contribution in [3.8, 4) is 0 Å². The highest BCUT2D eigenvalue weighted by molar-refractivity contribution is 7.90. The summed E-state index contributed by atoms with van der Waals surface area (Å²) >= 11 is 0.